The second-order valence-corrected chi connectivity index (χ2v) is 6.73. The van der Waals surface area contributed by atoms with Crippen LogP contribution >= 0.6 is 11.8 Å². The van der Waals surface area contributed by atoms with E-state index in [1.807, 2.05) is 0 Å². The van der Waals surface area contributed by atoms with Crippen LogP contribution in [0, 0.1) is 5.92 Å². The molecule has 2 aliphatic rings. The minimum absolute atomic E-state index is 0.636. The van der Waals surface area contributed by atoms with Gasteiger partial charge >= 0.3 is 0 Å². The molecule has 2 rings (SSSR count). The fourth-order valence-corrected chi connectivity index (χ4v) is 4.06. The van der Waals surface area contributed by atoms with Crippen molar-refractivity contribution < 1.29 is 0 Å². The molecule has 0 aromatic rings. The highest BCUT2D eigenvalue weighted by Gasteiger charge is 2.27. The molecule has 0 aromatic heterocycles. The molecule has 0 radical (unpaired) electrons. The Morgan fingerprint density at radius 1 is 1.38 bits per heavy atom. The minimum Gasteiger partial charge on any atom is -0.314 e. The van der Waals surface area contributed by atoms with E-state index in [1.54, 1.807) is 0 Å². The summed E-state index contributed by atoms with van der Waals surface area (Å²) in [5.74, 6) is 3.65. The third-order valence-electron chi connectivity index (χ3n) is 3.79. The Labute approximate surface area is 105 Å². The fourth-order valence-electron chi connectivity index (χ4n) is 2.81. The molecule has 2 unspecified atom stereocenters. The molecule has 0 saturated carbocycles. The highest BCUT2D eigenvalue weighted by Crippen LogP contribution is 2.26. The summed E-state index contributed by atoms with van der Waals surface area (Å²) in [6.07, 6.45) is 4.26. The van der Waals surface area contributed by atoms with Crippen molar-refractivity contribution >= 4 is 11.8 Å². The highest BCUT2D eigenvalue weighted by molar-refractivity contribution is 7.99. The molecule has 0 amide bonds. The SMILES string of the molecule is CC(C)NCC1CCCN(C2CCSC2)C1. The van der Waals surface area contributed by atoms with Gasteiger partial charge in [-0.1, -0.05) is 13.8 Å². The summed E-state index contributed by atoms with van der Waals surface area (Å²) in [5.41, 5.74) is 0. The monoisotopic (exact) mass is 242 g/mol. The van der Waals surface area contributed by atoms with Crippen LogP contribution in [0.25, 0.3) is 0 Å². The first-order valence-corrected chi connectivity index (χ1v) is 7.96. The Hall–Kier alpha value is 0.270. The second kappa shape index (κ2) is 6.27. The lowest BCUT2D eigenvalue weighted by molar-refractivity contribution is 0.132. The van der Waals surface area contributed by atoms with Crippen LogP contribution < -0.4 is 5.32 Å². The van der Waals surface area contributed by atoms with E-state index in [4.69, 9.17) is 0 Å². The molecule has 2 heterocycles. The van der Waals surface area contributed by atoms with Gasteiger partial charge in [0.1, 0.15) is 0 Å². The normalized spacial score (nSPS) is 32.4. The molecule has 16 heavy (non-hydrogen) atoms. The number of nitrogens with zero attached hydrogens (tertiary/aromatic N) is 1. The van der Waals surface area contributed by atoms with Crippen LogP contribution in [0.1, 0.15) is 33.1 Å². The lowest BCUT2D eigenvalue weighted by atomic mass is 9.96. The van der Waals surface area contributed by atoms with Crippen molar-refractivity contribution in [2.75, 3.05) is 31.1 Å². The maximum absolute atomic E-state index is 3.59. The van der Waals surface area contributed by atoms with Crippen molar-refractivity contribution in [1.82, 2.24) is 10.2 Å². The van der Waals surface area contributed by atoms with E-state index >= 15 is 0 Å². The van der Waals surface area contributed by atoms with Crippen LogP contribution in [0.3, 0.4) is 0 Å². The molecule has 94 valence electrons. The molecular formula is C13H26N2S. The number of piperidine rings is 1. The quantitative estimate of drug-likeness (QED) is 0.814. The molecule has 3 heteroatoms. The smallest absolute Gasteiger partial charge is 0.0194 e. The van der Waals surface area contributed by atoms with Crippen molar-refractivity contribution in [3.8, 4) is 0 Å². The van der Waals surface area contributed by atoms with Crippen molar-refractivity contribution in [3.05, 3.63) is 0 Å². The summed E-state index contributed by atoms with van der Waals surface area (Å²) in [6.45, 7) is 8.39. The fraction of sp³-hybridized carbons (Fsp3) is 1.00. The number of likely N-dealkylation sites (tertiary alicyclic amines) is 1. The van der Waals surface area contributed by atoms with Crippen LogP contribution in [-0.2, 0) is 0 Å². The van der Waals surface area contributed by atoms with Crippen LogP contribution in [-0.4, -0.2) is 48.1 Å². The molecule has 0 spiro atoms. The number of thioether (sulfide) groups is 1. The van der Waals surface area contributed by atoms with Crippen molar-refractivity contribution in [1.29, 1.82) is 0 Å². The predicted molar refractivity (Wildman–Crippen MR) is 73.2 cm³/mol. The van der Waals surface area contributed by atoms with Gasteiger partial charge in [-0.2, -0.15) is 11.8 Å². The third kappa shape index (κ3) is 3.64. The summed E-state index contributed by atoms with van der Waals surface area (Å²) in [7, 11) is 0. The molecule has 2 saturated heterocycles. The Kier molecular flexibility index (Phi) is 4.98. The van der Waals surface area contributed by atoms with Crippen LogP contribution in [0.15, 0.2) is 0 Å². The van der Waals surface area contributed by atoms with E-state index in [0.29, 0.717) is 6.04 Å². The predicted octanol–water partition coefficient (Wildman–Crippen LogP) is 2.20. The van der Waals surface area contributed by atoms with E-state index in [1.165, 1.54) is 50.4 Å². The van der Waals surface area contributed by atoms with Gasteiger partial charge in [0, 0.05) is 24.4 Å². The zero-order chi connectivity index (χ0) is 11.4. The van der Waals surface area contributed by atoms with Crippen molar-refractivity contribution in [2.24, 2.45) is 5.92 Å². The standard InChI is InChI=1S/C13H26N2S/c1-11(2)14-8-12-4-3-6-15(9-12)13-5-7-16-10-13/h11-14H,3-10H2,1-2H3. The van der Waals surface area contributed by atoms with Gasteiger partial charge in [0.05, 0.1) is 0 Å². The number of rotatable bonds is 4. The zero-order valence-electron chi connectivity index (χ0n) is 10.7. The summed E-state index contributed by atoms with van der Waals surface area (Å²) >= 11 is 2.14. The Balaban J connectivity index is 1.74. The molecule has 0 bridgehead atoms. The molecule has 0 aromatic carbocycles. The first kappa shape index (κ1) is 12.7. The molecule has 2 aliphatic heterocycles. The van der Waals surface area contributed by atoms with E-state index in [-0.39, 0.29) is 0 Å². The van der Waals surface area contributed by atoms with E-state index in [0.717, 1.165) is 12.0 Å². The van der Waals surface area contributed by atoms with Gasteiger partial charge in [-0.05, 0) is 44.0 Å². The number of nitrogens with one attached hydrogen (secondary N) is 1. The lowest BCUT2D eigenvalue weighted by Gasteiger charge is -2.36. The highest BCUT2D eigenvalue weighted by atomic mass is 32.2. The molecule has 1 N–H and O–H groups in total. The summed E-state index contributed by atoms with van der Waals surface area (Å²) in [4.78, 5) is 2.76. The van der Waals surface area contributed by atoms with Crippen LogP contribution in [0.4, 0.5) is 0 Å². The maximum atomic E-state index is 3.59. The second-order valence-electron chi connectivity index (χ2n) is 5.58. The largest absolute Gasteiger partial charge is 0.314 e. The Bertz CT molecular complexity index is 202. The first-order valence-electron chi connectivity index (χ1n) is 6.81. The Morgan fingerprint density at radius 3 is 2.94 bits per heavy atom. The average Bonchev–Trinajstić information content (AvgIpc) is 2.80. The summed E-state index contributed by atoms with van der Waals surface area (Å²) < 4.78 is 0. The number of hydrogen-bond donors (Lipinski definition) is 1. The molecule has 2 fully saturated rings. The van der Waals surface area contributed by atoms with E-state index in [9.17, 15) is 0 Å². The molecule has 2 nitrogen and oxygen atoms in total. The molecular weight excluding hydrogens is 216 g/mol. The minimum atomic E-state index is 0.636. The maximum Gasteiger partial charge on any atom is 0.0194 e. The zero-order valence-corrected chi connectivity index (χ0v) is 11.6. The average molecular weight is 242 g/mol. The topological polar surface area (TPSA) is 15.3 Å². The van der Waals surface area contributed by atoms with E-state index < -0.39 is 0 Å². The summed E-state index contributed by atoms with van der Waals surface area (Å²) in [5, 5.41) is 3.59. The molecule has 2 atom stereocenters. The number of hydrogen-bond acceptors (Lipinski definition) is 3. The van der Waals surface area contributed by atoms with Crippen LogP contribution in [0.5, 0.6) is 0 Å². The molecule has 0 aliphatic carbocycles. The van der Waals surface area contributed by atoms with Gasteiger partial charge < -0.3 is 5.32 Å². The Morgan fingerprint density at radius 2 is 2.25 bits per heavy atom. The lowest BCUT2D eigenvalue weighted by Crippen LogP contribution is -2.45. The van der Waals surface area contributed by atoms with Gasteiger partial charge in [-0.15, -0.1) is 0 Å². The van der Waals surface area contributed by atoms with Gasteiger partial charge in [0.25, 0.3) is 0 Å². The summed E-state index contributed by atoms with van der Waals surface area (Å²) in [6, 6.07) is 1.53. The van der Waals surface area contributed by atoms with Gasteiger partial charge in [0.2, 0.25) is 0 Å². The van der Waals surface area contributed by atoms with Gasteiger partial charge in [-0.3, -0.25) is 4.90 Å². The van der Waals surface area contributed by atoms with Gasteiger partial charge in [-0.25, -0.2) is 0 Å². The van der Waals surface area contributed by atoms with Gasteiger partial charge in [0.15, 0.2) is 0 Å². The third-order valence-corrected chi connectivity index (χ3v) is 4.93. The van der Waals surface area contributed by atoms with Crippen molar-refractivity contribution in [2.45, 2.75) is 45.2 Å². The van der Waals surface area contributed by atoms with E-state index in [2.05, 4.69) is 35.8 Å². The first-order chi connectivity index (χ1) is 7.75. The van der Waals surface area contributed by atoms with Crippen molar-refractivity contribution in [3.63, 3.8) is 0 Å². The van der Waals surface area contributed by atoms with Crippen LogP contribution in [0.2, 0.25) is 0 Å².